The number of benzene rings is 1. The number of aromatic nitrogens is 4. The summed E-state index contributed by atoms with van der Waals surface area (Å²) in [4.78, 5) is 11.2. The smallest absolute Gasteiger partial charge is 0.412 e. The molecular weight excluding hydrogens is 652 g/mol. The maximum atomic E-state index is 14.0. The number of aryl methyl sites for hydroxylation is 2. The van der Waals surface area contributed by atoms with Gasteiger partial charge in [0.1, 0.15) is 33.9 Å². The van der Waals surface area contributed by atoms with Gasteiger partial charge < -0.3 is 9.47 Å². The fourth-order valence-electron chi connectivity index (χ4n) is 4.40. The first-order valence-electron chi connectivity index (χ1n) is 13.1. The van der Waals surface area contributed by atoms with Crippen LogP contribution in [0.2, 0.25) is 0 Å². The molecule has 1 amide bonds. The molecule has 0 bridgehead atoms. The first-order chi connectivity index (χ1) is 20.7. The number of carbonyl (C=O) groups excluding carboxylic acids is 1. The SMILES string of the molecule is Cc1nn(C(F)F)cc1S(=O)(=O)OC[C@@H]1Oc2ccc(NC(=O)OC(C)(C)C)cc2N(S(=O)(=O)c2cn(C(F)F)nc2C)[C@@H]1C. The van der Waals surface area contributed by atoms with Crippen LogP contribution < -0.4 is 14.4 Å². The molecule has 1 aliphatic rings. The number of ether oxygens (including phenoxy) is 2. The van der Waals surface area contributed by atoms with Crippen molar-refractivity contribution in [3.63, 3.8) is 0 Å². The third kappa shape index (κ3) is 7.17. The molecule has 0 spiro atoms. The quantitative estimate of drug-likeness (QED) is 0.250. The highest BCUT2D eigenvalue weighted by Crippen LogP contribution is 2.42. The third-order valence-corrected chi connectivity index (χ3v) is 9.75. The summed E-state index contributed by atoms with van der Waals surface area (Å²) >= 11 is 0. The fraction of sp³-hybridized carbons (Fsp3) is 0.480. The van der Waals surface area contributed by atoms with Crippen molar-refractivity contribution in [3.8, 4) is 5.75 Å². The number of hydrogen-bond acceptors (Lipinski definition) is 10. The Balaban J connectivity index is 1.73. The molecule has 0 saturated carbocycles. The third-order valence-electron chi connectivity index (χ3n) is 6.36. The van der Waals surface area contributed by atoms with E-state index < -0.39 is 73.5 Å². The summed E-state index contributed by atoms with van der Waals surface area (Å²) in [5.41, 5.74) is -1.41. The topological polar surface area (TPSA) is 164 Å². The number of hydrogen-bond donors (Lipinski definition) is 1. The van der Waals surface area contributed by atoms with Crippen LogP contribution in [0.15, 0.2) is 40.4 Å². The monoisotopic (exact) mass is 682 g/mol. The van der Waals surface area contributed by atoms with Gasteiger partial charge in [-0.2, -0.15) is 36.2 Å². The summed E-state index contributed by atoms with van der Waals surface area (Å²) in [6, 6.07) is 2.65. The van der Waals surface area contributed by atoms with Crippen molar-refractivity contribution >= 4 is 37.6 Å². The summed E-state index contributed by atoms with van der Waals surface area (Å²) in [6.07, 6.45) is -0.936. The van der Waals surface area contributed by atoms with Crippen LogP contribution in [0, 0.1) is 13.8 Å². The lowest BCUT2D eigenvalue weighted by Gasteiger charge is -2.40. The van der Waals surface area contributed by atoms with Crippen molar-refractivity contribution in [2.24, 2.45) is 0 Å². The summed E-state index contributed by atoms with van der Waals surface area (Å²) < 4.78 is 124. The maximum Gasteiger partial charge on any atom is 0.412 e. The number of halogens is 4. The van der Waals surface area contributed by atoms with Gasteiger partial charge in [-0.3, -0.25) is 13.8 Å². The zero-order valence-corrected chi connectivity index (χ0v) is 26.4. The highest BCUT2D eigenvalue weighted by Gasteiger charge is 2.43. The van der Waals surface area contributed by atoms with E-state index in [1.807, 2.05) is 0 Å². The summed E-state index contributed by atoms with van der Waals surface area (Å²) in [6.45, 7) is 1.62. The predicted octanol–water partition coefficient (Wildman–Crippen LogP) is 4.58. The van der Waals surface area contributed by atoms with E-state index in [4.69, 9.17) is 13.7 Å². The van der Waals surface area contributed by atoms with Gasteiger partial charge >= 0.3 is 29.3 Å². The lowest BCUT2D eigenvalue weighted by atomic mass is 10.1. The first-order valence-corrected chi connectivity index (χ1v) is 16.0. The Morgan fingerprint density at radius 1 is 1.00 bits per heavy atom. The fourth-order valence-corrected chi connectivity index (χ4v) is 7.32. The largest absolute Gasteiger partial charge is 0.484 e. The van der Waals surface area contributed by atoms with Crippen molar-refractivity contribution in [3.05, 3.63) is 42.0 Å². The molecule has 0 saturated heterocycles. The number of nitrogens with one attached hydrogen (secondary N) is 1. The van der Waals surface area contributed by atoms with Crippen LogP contribution in [0.4, 0.5) is 33.7 Å². The molecule has 2 atom stereocenters. The molecule has 0 fully saturated rings. The normalized spacial score (nSPS) is 17.4. The molecule has 3 heterocycles. The Bertz CT molecular complexity index is 1810. The highest BCUT2D eigenvalue weighted by molar-refractivity contribution is 7.93. The van der Waals surface area contributed by atoms with E-state index >= 15 is 0 Å². The van der Waals surface area contributed by atoms with E-state index in [1.54, 1.807) is 20.8 Å². The summed E-state index contributed by atoms with van der Waals surface area (Å²) in [5.74, 6) is -0.0991. The van der Waals surface area contributed by atoms with Gasteiger partial charge in [-0.15, -0.1) is 0 Å². The maximum absolute atomic E-state index is 14.0. The minimum absolute atomic E-state index is 0.0859. The van der Waals surface area contributed by atoms with Crippen molar-refractivity contribution < 1.29 is 52.8 Å². The molecular formula is C25H30F4N6O8S2. The predicted molar refractivity (Wildman–Crippen MR) is 149 cm³/mol. The van der Waals surface area contributed by atoms with Crippen LogP contribution in [-0.2, 0) is 29.1 Å². The Morgan fingerprint density at radius 2 is 1.56 bits per heavy atom. The van der Waals surface area contributed by atoms with Crippen LogP contribution in [0.25, 0.3) is 0 Å². The molecule has 3 aromatic rings. The van der Waals surface area contributed by atoms with E-state index in [1.165, 1.54) is 39.0 Å². The number of alkyl halides is 4. The van der Waals surface area contributed by atoms with E-state index in [9.17, 15) is 39.2 Å². The average molecular weight is 683 g/mol. The van der Waals surface area contributed by atoms with E-state index in [2.05, 4.69) is 15.5 Å². The van der Waals surface area contributed by atoms with Gasteiger partial charge in [-0.1, -0.05) is 0 Å². The van der Waals surface area contributed by atoms with Crippen molar-refractivity contribution in [2.45, 2.75) is 82.2 Å². The van der Waals surface area contributed by atoms with Gasteiger partial charge in [0.15, 0.2) is 0 Å². The molecule has 45 heavy (non-hydrogen) atoms. The molecule has 20 heteroatoms. The van der Waals surface area contributed by atoms with Crippen LogP contribution in [0.1, 0.15) is 52.2 Å². The number of anilines is 2. The second-order valence-electron chi connectivity index (χ2n) is 10.9. The van der Waals surface area contributed by atoms with Crippen molar-refractivity contribution in [1.82, 2.24) is 19.6 Å². The minimum Gasteiger partial charge on any atom is -0.484 e. The lowest BCUT2D eigenvalue weighted by Crippen LogP contribution is -2.52. The van der Waals surface area contributed by atoms with Gasteiger partial charge in [0.25, 0.3) is 10.0 Å². The van der Waals surface area contributed by atoms with Gasteiger partial charge in [0.2, 0.25) is 0 Å². The number of rotatable bonds is 9. The van der Waals surface area contributed by atoms with Gasteiger partial charge in [0, 0.05) is 5.69 Å². The number of sulfonamides is 1. The molecule has 248 valence electrons. The molecule has 14 nitrogen and oxygen atoms in total. The molecule has 1 aromatic carbocycles. The molecule has 1 aliphatic heterocycles. The molecule has 1 N–H and O–H groups in total. The van der Waals surface area contributed by atoms with Gasteiger partial charge in [-0.05, 0) is 59.7 Å². The van der Waals surface area contributed by atoms with Crippen molar-refractivity contribution in [2.75, 3.05) is 16.2 Å². The van der Waals surface area contributed by atoms with Gasteiger partial charge in [-0.25, -0.2) is 22.6 Å². The highest BCUT2D eigenvalue weighted by atomic mass is 32.2. The van der Waals surface area contributed by atoms with E-state index in [-0.39, 0.29) is 37.9 Å². The van der Waals surface area contributed by atoms with Gasteiger partial charge in [0.05, 0.1) is 35.5 Å². The Morgan fingerprint density at radius 3 is 2.09 bits per heavy atom. The van der Waals surface area contributed by atoms with Crippen LogP contribution >= 0.6 is 0 Å². The van der Waals surface area contributed by atoms with Crippen LogP contribution in [0.3, 0.4) is 0 Å². The second kappa shape index (κ2) is 12.1. The molecule has 0 aliphatic carbocycles. The number of amides is 1. The second-order valence-corrected chi connectivity index (χ2v) is 14.3. The van der Waals surface area contributed by atoms with E-state index in [0.717, 1.165) is 4.31 Å². The van der Waals surface area contributed by atoms with E-state index in [0.29, 0.717) is 12.4 Å². The number of nitrogens with zero attached hydrogens (tertiary/aromatic N) is 5. The number of carbonyl (C=O) groups is 1. The average Bonchev–Trinajstić information content (AvgIpc) is 3.50. The Kier molecular flexibility index (Phi) is 9.15. The lowest BCUT2D eigenvalue weighted by molar-refractivity contribution is 0.0556. The van der Waals surface area contributed by atoms with Crippen molar-refractivity contribution in [1.29, 1.82) is 0 Å². The molecule has 0 unspecified atom stereocenters. The standard InChI is InChI=1S/C25H30F4N6O8S2/c1-13-20(10-33(31-13)22(26)27)44(37,38)35-15(3)19(12-41-45(39,40)21-11-34(23(28)29)32-14(21)2)42-18-8-7-16(9-17(18)35)30-24(36)43-25(4,5)6/h7-11,15,19,22-23H,12H2,1-6H3,(H,30,36)/t15-,19+/m1/s1. The minimum atomic E-state index is -4.70. The van der Waals surface area contributed by atoms with Crippen LogP contribution in [-0.4, -0.2) is 66.8 Å². The molecule has 2 aromatic heterocycles. The molecule has 4 rings (SSSR count). The van der Waals surface area contributed by atoms with Crippen LogP contribution in [0.5, 0.6) is 5.75 Å². The zero-order valence-electron chi connectivity index (χ0n) is 24.7. The zero-order chi connectivity index (χ0) is 33.6. The summed E-state index contributed by atoms with van der Waals surface area (Å²) in [5, 5.41) is 9.51. The first kappa shape index (κ1) is 34.0. The Hall–Kier alpha value is -3.91. The summed E-state index contributed by atoms with van der Waals surface area (Å²) in [7, 11) is -9.38. The molecule has 0 radical (unpaired) electrons. The number of fused-ring (bicyclic) bond motifs is 1. The Labute approximate surface area is 256 Å².